The number of hydroxylamine groups is 2. The van der Waals surface area contributed by atoms with Gasteiger partial charge in [-0.25, -0.2) is 9.45 Å². The van der Waals surface area contributed by atoms with E-state index < -0.39 is 5.91 Å². The van der Waals surface area contributed by atoms with Crippen molar-refractivity contribution in [3.05, 3.63) is 59.2 Å². The topological polar surface area (TPSA) is 45.5 Å². The molecular formula is C16H17FN2O2. The Bertz CT molecular complexity index is 679. The third-order valence-corrected chi connectivity index (χ3v) is 3.17. The molecule has 0 bridgehead atoms. The predicted molar refractivity (Wildman–Crippen MR) is 78.8 cm³/mol. The maximum Gasteiger partial charge on any atom is 0.269 e. The fourth-order valence-electron chi connectivity index (χ4n) is 2.24. The molecule has 0 saturated carbocycles. The van der Waals surface area contributed by atoms with Crippen molar-refractivity contribution < 1.29 is 14.4 Å². The zero-order valence-corrected chi connectivity index (χ0v) is 12.2. The highest BCUT2D eigenvalue weighted by atomic mass is 19.1. The van der Waals surface area contributed by atoms with Crippen LogP contribution in [0.15, 0.2) is 36.7 Å². The SMILES string of the molecule is Cc1cc(F)cc(C)c1-n1ccc(C=CC(=O)N(C)O)c1. The van der Waals surface area contributed by atoms with E-state index in [1.54, 1.807) is 6.08 Å². The molecule has 21 heavy (non-hydrogen) atoms. The van der Waals surface area contributed by atoms with Crippen molar-refractivity contribution in [3.63, 3.8) is 0 Å². The number of carbonyl (C=O) groups is 1. The predicted octanol–water partition coefficient (Wildman–Crippen LogP) is 3.09. The van der Waals surface area contributed by atoms with Crippen LogP contribution in [0.3, 0.4) is 0 Å². The highest BCUT2D eigenvalue weighted by molar-refractivity contribution is 5.90. The van der Waals surface area contributed by atoms with Gasteiger partial charge < -0.3 is 4.57 Å². The molecule has 0 spiro atoms. The zero-order chi connectivity index (χ0) is 15.6. The molecule has 0 atom stereocenters. The van der Waals surface area contributed by atoms with Crippen molar-refractivity contribution in [2.75, 3.05) is 7.05 Å². The number of amides is 1. The van der Waals surface area contributed by atoms with Crippen LogP contribution >= 0.6 is 0 Å². The number of benzene rings is 1. The summed E-state index contributed by atoms with van der Waals surface area (Å²) in [5.41, 5.74) is 3.41. The van der Waals surface area contributed by atoms with Crippen molar-refractivity contribution in [3.8, 4) is 5.69 Å². The number of rotatable bonds is 3. The number of aryl methyl sites for hydroxylation is 2. The molecule has 1 aromatic carbocycles. The van der Waals surface area contributed by atoms with Crippen molar-refractivity contribution in [2.45, 2.75) is 13.8 Å². The number of aromatic nitrogens is 1. The fourth-order valence-corrected chi connectivity index (χ4v) is 2.24. The summed E-state index contributed by atoms with van der Waals surface area (Å²) >= 11 is 0. The number of nitrogens with zero attached hydrogens (tertiary/aromatic N) is 2. The third-order valence-electron chi connectivity index (χ3n) is 3.17. The maximum atomic E-state index is 13.3. The van der Waals surface area contributed by atoms with Gasteiger partial charge in [-0.3, -0.25) is 10.0 Å². The van der Waals surface area contributed by atoms with E-state index in [-0.39, 0.29) is 5.82 Å². The number of hydrogen-bond acceptors (Lipinski definition) is 2. The molecule has 2 aromatic rings. The second-order valence-corrected chi connectivity index (χ2v) is 4.94. The summed E-state index contributed by atoms with van der Waals surface area (Å²) < 4.78 is 15.2. The molecule has 0 aliphatic carbocycles. The molecule has 1 N–H and O–H groups in total. The van der Waals surface area contributed by atoms with E-state index >= 15 is 0 Å². The van der Waals surface area contributed by atoms with Crippen molar-refractivity contribution >= 4 is 12.0 Å². The minimum Gasteiger partial charge on any atom is -0.323 e. The monoisotopic (exact) mass is 288 g/mol. The standard InChI is InChI=1S/C16H17FN2O2/c1-11-8-14(17)9-12(2)16(11)19-7-6-13(10-19)4-5-15(20)18(3)21/h4-10,21H,1-3H3. The molecule has 0 fully saturated rings. The summed E-state index contributed by atoms with van der Waals surface area (Å²) in [4.78, 5) is 11.3. The van der Waals surface area contributed by atoms with Gasteiger partial charge in [0, 0.05) is 25.5 Å². The minimum atomic E-state index is -0.503. The summed E-state index contributed by atoms with van der Waals surface area (Å²) in [6.07, 6.45) is 6.58. The Morgan fingerprint density at radius 1 is 1.33 bits per heavy atom. The number of hydrogen-bond donors (Lipinski definition) is 1. The Morgan fingerprint density at radius 3 is 2.52 bits per heavy atom. The second-order valence-electron chi connectivity index (χ2n) is 4.94. The van der Waals surface area contributed by atoms with Gasteiger partial charge in [-0.2, -0.15) is 0 Å². The Balaban J connectivity index is 2.31. The van der Waals surface area contributed by atoms with Crippen molar-refractivity contribution in [2.24, 2.45) is 0 Å². The van der Waals surface area contributed by atoms with Gasteiger partial charge in [0.05, 0.1) is 5.69 Å². The average molecular weight is 288 g/mol. The smallest absolute Gasteiger partial charge is 0.269 e. The quantitative estimate of drug-likeness (QED) is 0.536. The largest absolute Gasteiger partial charge is 0.323 e. The summed E-state index contributed by atoms with van der Waals surface area (Å²) in [5, 5.41) is 9.49. The molecular weight excluding hydrogens is 271 g/mol. The van der Waals surface area contributed by atoms with Crippen LogP contribution < -0.4 is 0 Å². The first-order chi connectivity index (χ1) is 9.88. The Hall–Kier alpha value is -2.40. The van der Waals surface area contributed by atoms with E-state index in [1.807, 2.05) is 36.9 Å². The van der Waals surface area contributed by atoms with Crippen LogP contribution in [0.4, 0.5) is 4.39 Å². The summed E-state index contributed by atoms with van der Waals surface area (Å²) in [6, 6.07) is 4.81. The Morgan fingerprint density at radius 2 is 1.95 bits per heavy atom. The molecule has 4 nitrogen and oxygen atoms in total. The lowest BCUT2D eigenvalue weighted by Gasteiger charge is -2.11. The van der Waals surface area contributed by atoms with E-state index in [0.29, 0.717) is 5.06 Å². The number of halogens is 1. The highest BCUT2D eigenvalue weighted by Crippen LogP contribution is 2.21. The normalized spacial score (nSPS) is 11.1. The minimum absolute atomic E-state index is 0.252. The van der Waals surface area contributed by atoms with Crippen LogP contribution in [-0.4, -0.2) is 27.8 Å². The van der Waals surface area contributed by atoms with E-state index in [2.05, 4.69) is 0 Å². The molecule has 2 rings (SSSR count). The molecule has 5 heteroatoms. The molecule has 1 heterocycles. The molecule has 0 unspecified atom stereocenters. The summed E-state index contributed by atoms with van der Waals surface area (Å²) in [6.45, 7) is 3.70. The summed E-state index contributed by atoms with van der Waals surface area (Å²) in [7, 11) is 1.27. The van der Waals surface area contributed by atoms with Crippen molar-refractivity contribution in [1.82, 2.24) is 9.63 Å². The first-order valence-electron chi connectivity index (χ1n) is 6.48. The number of likely N-dealkylation sites (N-methyl/N-ethyl adjacent to an activating group) is 1. The van der Waals surface area contributed by atoms with Gasteiger partial charge in [0.1, 0.15) is 5.82 Å². The van der Waals surface area contributed by atoms with Gasteiger partial charge in [-0.1, -0.05) is 0 Å². The lowest BCUT2D eigenvalue weighted by Crippen LogP contribution is -2.19. The van der Waals surface area contributed by atoms with E-state index in [9.17, 15) is 9.18 Å². The average Bonchev–Trinajstić information content (AvgIpc) is 2.83. The van der Waals surface area contributed by atoms with Crippen molar-refractivity contribution in [1.29, 1.82) is 0 Å². The Labute approximate surface area is 122 Å². The second kappa shape index (κ2) is 5.93. The van der Waals surface area contributed by atoms with Gasteiger partial charge >= 0.3 is 0 Å². The first kappa shape index (κ1) is 15.0. The van der Waals surface area contributed by atoms with E-state index in [1.165, 1.54) is 25.3 Å². The van der Waals surface area contributed by atoms with Crippen LogP contribution in [-0.2, 0) is 4.79 Å². The highest BCUT2D eigenvalue weighted by Gasteiger charge is 2.07. The number of carbonyl (C=O) groups excluding carboxylic acids is 1. The molecule has 0 radical (unpaired) electrons. The van der Waals surface area contributed by atoms with Gasteiger partial charge in [0.25, 0.3) is 5.91 Å². The van der Waals surface area contributed by atoms with Crippen LogP contribution in [0.25, 0.3) is 11.8 Å². The van der Waals surface area contributed by atoms with E-state index in [0.717, 1.165) is 22.4 Å². The molecule has 0 aliphatic heterocycles. The van der Waals surface area contributed by atoms with Crippen LogP contribution in [0.2, 0.25) is 0 Å². The van der Waals surface area contributed by atoms with Gasteiger partial charge in [0.15, 0.2) is 0 Å². The molecule has 0 aliphatic rings. The van der Waals surface area contributed by atoms with Crippen LogP contribution in [0.1, 0.15) is 16.7 Å². The molecule has 1 aromatic heterocycles. The third kappa shape index (κ3) is 3.38. The summed E-state index contributed by atoms with van der Waals surface area (Å²) in [5.74, 6) is -0.755. The lowest BCUT2D eigenvalue weighted by atomic mass is 10.1. The lowest BCUT2D eigenvalue weighted by molar-refractivity contribution is -0.153. The van der Waals surface area contributed by atoms with E-state index in [4.69, 9.17) is 5.21 Å². The molecule has 1 amide bonds. The molecule has 110 valence electrons. The van der Waals surface area contributed by atoms with Gasteiger partial charge in [-0.15, -0.1) is 0 Å². The zero-order valence-electron chi connectivity index (χ0n) is 12.2. The van der Waals surface area contributed by atoms with Gasteiger partial charge in [0.2, 0.25) is 0 Å². The van der Waals surface area contributed by atoms with Crippen LogP contribution in [0.5, 0.6) is 0 Å². The van der Waals surface area contributed by atoms with Gasteiger partial charge in [-0.05, 0) is 54.8 Å². The molecule has 0 saturated heterocycles. The fraction of sp³-hybridized carbons (Fsp3) is 0.188. The maximum absolute atomic E-state index is 13.3. The van der Waals surface area contributed by atoms with Crippen LogP contribution in [0, 0.1) is 19.7 Å². The first-order valence-corrected chi connectivity index (χ1v) is 6.48. The Kier molecular flexibility index (Phi) is 4.23.